The lowest BCUT2D eigenvalue weighted by molar-refractivity contribution is 0.0985. The summed E-state index contributed by atoms with van der Waals surface area (Å²) < 4.78 is 5.84. The van der Waals surface area contributed by atoms with Crippen molar-refractivity contribution in [2.45, 2.75) is 52.6 Å². The highest BCUT2D eigenvalue weighted by Crippen LogP contribution is 2.23. The first kappa shape index (κ1) is 13.7. The van der Waals surface area contributed by atoms with Crippen LogP contribution in [0.2, 0.25) is 0 Å². The lowest BCUT2D eigenvalue weighted by atomic mass is 10.1. The molecular formula is C12H22N4O. The Hall–Kier alpha value is -1.36. The highest BCUT2D eigenvalue weighted by Gasteiger charge is 2.19. The summed E-state index contributed by atoms with van der Waals surface area (Å²) in [6, 6.07) is 1.71. The number of rotatable bonds is 5. The SMILES string of the molecule is CCC(C)(C)Oc1cc(NN)nc(C(C)C)n1. The zero-order chi connectivity index (χ0) is 13.1. The third kappa shape index (κ3) is 3.85. The van der Waals surface area contributed by atoms with E-state index in [0.717, 1.165) is 12.2 Å². The van der Waals surface area contributed by atoms with E-state index in [2.05, 4.69) is 22.3 Å². The van der Waals surface area contributed by atoms with Crippen LogP contribution >= 0.6 is 0 Å². The van der Waals surface area contributed by atoms with E-state index < -0.39 is 0 Å². The van der Waals surface area contributed by atoms with Crippen LogP contribution in [-0.2, 0) is 0 Å². The molecule has 0 aliphatic rings. The number of hydrogen-bond donors (Lipinski definition) is 2. The minimum Gasteiger partial charge on any atom is -0.472 e. The Morgan fingerprint density at radius 2 is 2.06 bits per heavy atom. The van der Waals surface area contributed by atoms with Crippen molar-refractivity contribution in [1.29, 1.82) is 0 Å². The number of hydrogen-bond acceptors (Lipinski definition) is 5. The van der Waals surface area contributed by atoms with Gasteiger partial charge in [0.15, 0.2) is 0 Å². The van der Waals surface area contributed by atoms with Crippen LogP contribution < -0.4 is 16.0 Å². The summed E-state index contributed by atoms with van der Waals surface area (Å²) in [5, 5.41) is 0. The van der Waals surface area contributed by atoms with Crippen molar-refractivity contribution in [3.63, 3.8) is 0 Å². The topological polar surface area (TPSA) is 73.1 Å². The van der Waals surface area contributed by atoms with Crippen molar-refractivity contribution in [1.82, 2.24) is 9.97 Å². The van der Waals surface area contributed by atoms with Crippen LogP contribution in [0.5, 0.6) is 5.88 Å². The van der Waals surface area contributed by atoms with E-state index in [1.807, 2.05) is 27.7 Å². The summed E-state index contributed by atoms with van der Waals surface area (Å²) in [5.41, 5.74) is 2.29. The molecule has 0 unspecified atom stereocenters. The average Bonchev–Trinajstić information content (AvgIpc) is 2.28. The molecule has 1 heterocycles. The summed E-state index contributed by atoms with van der Waals surface area (Å²) in [4.78, 5) is 8.67. The zero-order valence-corrected chi connectivity index (χ0v) is 11.2. The van der Waals surface area contributed by atoms with E-state index in [-0.39, 0.29) is 11.5 Å². The molecule has 0 spiro atoms. The molecule has 0 aliphatic heterocycles. The van der Waals surface area contributed by atoms with E-state index in [9.17, 15) is 0 Å². The van der Waals surface area contributed by atoms with E-state index in [1.54, 1.807) is 6.07 Å². The number of nitrogen functional groups attached to an aromatic ring is 1. The van der Waals surface area contributed by atoms with E-state index in [0.29, 0.717) is 11.7 Å². The van der Waals surface area contributed by atoms with Gasteiger partial charge in [0.2, 0.25) is 5.88 Å². The standard InChI is InChI=1S/C12H22N4O/c1-6-12(4,5)17-10-7-9(16-13)14-11(15-10)8(2)3/h7-8H,6,13H2,1-5H3,(H,14,15,16). The molecule has 0 fully saturated rings. The zero-order valence-electron chi connectivity index (χ0n) is 11.2. The molecule has 0 bridgehead atoms. The fourth-order valence-corrected chi connectivity index (χ4v) is 1.18. The first-order valence-corrected chi connectivity index (χ1v) is 5.92. The van der Waals surface area contributed by atoms with Crippen LogP contribution in [-0.4, -0.2) is 15.6 Å². The minimum absolute atomic E-state index is 0.232. The summed E-state index contributed by atoms with van der Waals surface area (Å²) in [6.45, 7) is 10.2. The monoisotopic (exact) mass is 238 g/mol. The maximum Gasteiger partial charge on any atom is 0.219 e. The Labute approximate surface area is 103 Å². The minimum atomic E-state index is -0.242. The molecule has 5 nitrogen and oxygen atoms in total. The number of anilines is 1. The molecule has 0 aliphatic carbocycles. The molecule has 5 heteroatoms. The van der Waals surface area contributed by atoms with Gasteiger partial charge in [0, 0.05) is 12.0 Å². The molecule has 0 saturated carbocycles. The lowest BCUT2D eigenvalue weighted by Gasteiger charge is -2.24. The molecule has 3 N–H and O–H groups in total. The quantitative estimate of drug-likeness (QED) is 0.609. The highest BCUT2D eigenvalue weighted by atomic mass is 16.5. The Morgan fingerprint density at radius 3 is 2.53 bits per heavy atom. The number of aromatic nitrogens is 2. The molecule has 1 aromatic heterocycles. The Kier molecular flexibility index (Phi) is 4.28. The predicted molar refractivity (Wildman–Crippen MR) is 68.9 cm³/mol. The molecule has 1 rings (SSSR count). The predicted octanol–water partition coefficient (Wildman–Crippen LogP) is 2.45. The van der Waals surface area contributed by atoms with Gasteiger partial charge in [-0.25, -0.2) is 10.8 Å². The second-order valence-corrected chi connectivity index (χ2v) is 4.96. The third-order valence-corrected chi connectivity index (χ3v) is 2.62. The van der Waals surface area contributed by atoms with Gasteiger partial charge in [0.05, 0.1) is 0 Å². The summed E-state index contributed by atoms with van der Waals surface area (Å²) in [6.07, 6.45) is 0.902. The van der Waals surface area contributed by atoms with Crippen molar-refractivity contribution < 1.29 is 4.74 Å². The van der Waals surface area contributed by atoms with E-state index >= 15 is 0 Å². The molecule has 0 saturated heterocycles. The van der Waals surface area contributed by atoms with E-state index in [4.69, 9.17) is 10.6 Å². The first-order chi connectivity index (χ1) is 7.88. The van der Waals surface area contributed by atoms with Crippen molar-refractivity contribution in [2.75, 3.05) is 5.43 Å². The Bertz CT molecular complexity index is 377. The first-order valence-electron chi connectivity index (χ1n) is 5.92. The van der Waals surface area contributed by atoms with Gasteiger partial charge in [-0.05, 0) is 20.3 Å². The van der Waals surface area contributed by atoms with Gasteiger partial charge in [-0.1, -0.05) is 20.8 Å². The van der Waals surface area contributed by atoms with Crippen LogP contribution in [0.1, 0.15) is 52.8 Å². The van der Waals surface area contributed by atoms with Crippen molar-refractivity contribution >= 4 is 5.82 Å². The second kappa shape index (κ2) is 5.31. The van der Waals surface area contributed by atoms with Crippen LogP contribution in [0.3, 0.4) is 0 Å². The molecule has 0 aromatic carbocycles. The molecule has 0 atom stereocenters. The normalized spacial score (nSPS) is 11.7. The highest BCUT2D eigenvalue weighted by molar-refractivity contribution is 5.37. The van der Waals surface area contributed by atoms with Gasteiger partial charge >= 0.3 is 0 Å². The number of ether oxygens (including phenoxy) is 1. The van der Waals surface area contributed by atoms with E-state index in [1.165, 1.54) is 0 Å². The molecule has 96 valence electrons. The lowest BCUT2D eigenvalue weighted by Crippen LogP contribution is -2.27. The number of nitrogens with one attached hydrogen (secondary N) is 1. The van der Waals surface area contributed by atoms with Gasteiger partial charge in [-0.3, -0.25) is 0 Å². The summed E-state index contributed by atoms with van der Waals surface area (Å²) >= 11 is 0. The summed E-state index contributed by atoms with van der Waals surface area (Å²) in [5.74, 6) is 7.48. The van der Waals surface area contributed by atoms with Gasteiger partial charge in [-0.15, -0.1) is 0 Å². The fraction of sp³-hybridized carbons (Fsp3) is 0.667. The van der Waals surface area contributed by atoms with Crippen LogP contribution in [0, 0.1) is 0 Å². The van der Waals surface area contributed by atoms with Crippen LogP contribution in [0.25, 0.3) is 0 Å². The smallest absolute Gasteiger partial charge is 0.219 e. The van der Waals surface area contributed by atoms with Crippen molar-refractivity contribution in [2.24, 2.45) is 5.84 Å². The van der Waals surface area contributed by atoms with Gasteiger partial charge in [0.25, 0.3) is 0 Å². The third-order valence-electron chi connectivity index (χ3n) is 2.62. The molecular weight excluding hydrogens is 216 g/mol. The summed E-state index contributed by atoms with van der Waals surface area (Å²) in [7, 11) is 0. The van der Waals surface area contributed by atoms with Gasteiger partial charge in [-0.2, -0.15) is 4.98 Å². The molecule has 1 aromatic rings. The molecule has 0 radical (unpaired) electrons. The van der Waals surface area contributed by atoms with Crippen molar-refractivity contribution in [3.8, 4) is 5.88 Å². The number of nitrogens with zero attached hydrogens (tertiary/aromatic N) is 2. The average molecular weight is 238 g/mol. The fourth-order valence-electron chi connectivity index (χ4n) is 1.18. The van der Waals surface area contributed by atoms with Crippen LogP contribution in [0.4, 0.5) is 5.82 Å². The van der Waals surface area contributed by atoms with Gasteiger partial charge < -0.3 is 10.2 Å². The molecule has 0 amide bonds. The molecule has 17 heavy (non-hydrogen) atoms. The Balaban J connectivity index is 3.03. The number of nitrogens with two attached hydrogens (primary N) is 1. The van der Waals surface area contributed by atoms with Gasteiger partial charge in [0.1, 0.15) is 17.2 Å². The Morgan fingerprint density at radius 1 is 1.41 bits per heavy atom. The maximum atomic E-state index is 5.84. The maximum absolute atomic E-state index is 5.84. The van der Waals surface area contributed by atoms with Crippen LogP contribution in [0.15, 0.2) is 6.07 Å². The second-order valence-electron chi connectivity index (χ2n) is 4.96. The number of hydrazine groups is 1. The largest absolute Gasteiger partial charge is 0.472 e. The van der Waals surface area contributed by atoms with Crippen molar-refractivity contribution in [3.05, 3.63) is 11.9 Å².